The van der Waals surface area contributed by atoms with Crippen LogP contribution < -0.4 is 36.4 Å². The minimum absolute atomic E-state index is 0.0208. The second-order valence-corrected chi connectivity index (χ2v) is 28.2. The number of carbonyl (C=O) groups is 7. The number of amides is 8. The molecule has 536 valence electrons. The lowest BCUT2D eigenvalue weighted by atomic mass is 10.2. The SMILES string of the molecule is CC(C)(C)OC(=O)N1CCCN(c2c(Cl)cncc2Cl)C(=O)C1.CC(C)(C)OC(=O)N1CCCNC(=O)C1.Clc1cncc(Cl)c1Br.Nc1ccc(Cl)c(F)c1.O=C(Nc1ccc(F)c(Cl)c1)N1CCCN(c2c(Cl)cncc2Cl)C(=O)C1.O=C1CNCCCN1c1c(Cl)cncc1Cl. The van der Waals surface area contributed by atoms with Crippen LogP contribution in [0.5, 0.6) is 0 Å². The predicted molar refractivity (Wildman–Crippen MR) is 390 cm³/mol. The van der Waals surface area contributed by atoms with Crippen molar-refractivity contribution in [3.05, 3.63) is 152 Å². The molecule has 4 aliphatic heterocycles. The van der Waals surface area contributed by atoms with Gasteiger partial charge in [0.05, 0.1) is 78.3 Å². The summed E-state index contributed by atoms with van der Waals surface area (Å²) in [7, 11) is 0. The van der Waals surface area contributed by atoms with E-state index in [0.29, 0.717) is 128 Å². The van der Waals surface area contributed by atoms with Crippen molar-refractivity contribution >= 4 is 202 Å². The third-order valence-corrected chi connectivity index (χ3v) is 17.4. The molecule has 5 N–H and O–H groups in total. The highest BCUT2D eigenvalue weighted by Gasteiger charge is 2.33. The summed E-state index contributed by atoms with van der Waals surface area (Å²) in [6.45, 7) is 15.1. The number of hydrogen-bond donors (Lipinski definition) is 4. The van der Waals surface area contributed by atoms with E-state index in [9.17, 15) is 42.3 Å². The molecule has 0 atom stereocenters. The first-order chi connectivity index (χ1) is 46.5. The van der Waals surface area contributed by atoms with Gasteiger partial charge in [-0.1, -0.05) is 116 Å². The molecule has 0 spiro atoms. The number of hydrogen-bond acceptors (Lipinski definition) is 15. The van der Waals surface area contributed by atoms with Crippen LogP contribution in [0.2, 0.25) is 50.2 Å². The van der Waals surface area contributed by atoms with Crippen molar-refractivity contribution in [3.8, 4) is 0 Å². The van der Waals surface area contributed by atoms with Crippen LogP contribution in [-0.4, -0.2) is 166 Å². The summed E-state index contributed by atoms with van der Waals surface area (Å²) in [6.07, 6.45) is 13.6. The fourth-order valence-corrected chi connectivity index (χ4v) is 11.4. The van der Waals surface area contributed by atoms with Crippen LogP contribution >= 0.6 is 132 Å². The molecule has 2 aromatic carbocycles. The molecule has 4 saturated heterocycles. The van der Waals surface area contributed by atoms with Crippen LogP contribution in [0.3, 0.4) is 0 Å². The largest absolute Gasteiger partial charge is 0.444 e. The number of nitrogens with two attached hydrogens (primary N) is 1. The number of urea groups is 1. The van der Waals surface area contributed by atoms with Crippen LogP contribution in [0.1, 0.15) is 67.2 Å². The number of ether oxygens (including phenoxy) is 2. The molecule has 8 amide bonds. The maximum Gasteiger partial charge on any atom is 0.410 e. The zero-order valence-corrected chi connectivity index (χ0v) is 63.2. The van der Waals surface area contributed by atoms with E-state index >= 15 is 0 Å². The number of carbonyl (C=O) groups excluding carboxylic acids is 7. The topological polar surface area (TPSA) is 271 Å². The number of pyridine rings is 4. The van der Waals surface area contributed by atoms with Gasteiger partial charge in [0.15, 0.2) is 0 Å². The molecule has 0 unspecified atom stereocenters. The van der Waals surface area contributed by atoms with Gasteiger partial charge in [-0.25, -0.2) is 23.2 Å². The zero-order chi connectivity index (χ0) is 73.5. The zero-order valence-electron chi connectivity index (χ0n) is 54.0. The van der Waals surface area contributed by atoms with Gasteiger partial charge in [0, 0.05) is 107 Å². The number of anilines is 5. The standard InChI is InChI=1S/C17H14Cl3FN4O2.C15H19Cl2N3O3.C10H11Cl2N3O.C10H18N2O3.C6H5ClFN.C5H2BrCl2N/c18-11-6-10(2-3-14(11)21)23-17(27)24-4-1-5-25(15(26)9-24)16-12(19)7-22-8-13(16)20;1-15(2,3)23-14(22)19-5-4-6-20(12(21)9-19)13-10(16)7-18-8-11(13)17;11-7-4-14-5-8(12)10(7)15-3-1-2-13-6-9(15)16;1-10(2,3)15-9(14)12-6-4-5-11-8(13)7-12;7-5-2-1-4(9)3-6(5)8;6-5-3(7)1-9-2-4(5)8/h2-3,6-8H,1,4-5,9H2,(H,23,27);7-8H,4-6,9H2,1-3H3;4-5,13H,1-3,6H2;4-7H2,1-3H3,(H,11,13);1-3H,9H2;1-2H. The van der Waals surface area contributed by atoms with Gasteiger partial charge in [0.25, 0.3) is 0 Å². The first kappa shape index (κ1) is 83.4. The Kier molecular flexibility index (Phi) is 33.5. The van der Waals surface area contributed by atoms with E-state index < -0.39 is 41.1 Å². The average Bonchev–Trinajstić information content (AvgIpc) is 1.82. The normalized spacial score (nSPS) is 15.1. The second-order valence-electron chi connectivity index (χ2n) is 23.3. The quantitative estimate of drug-likeness (QED) is 0.119. The van der Waals surface area contributed by atoms with Gasteiger partial charge in [0.1, 0.15) is 42.5 Å². The summed E-state index contributed by atoms with van der Waals surface area (Å²) in [4.78, 5) is 109. The number of aromatic nitrogens is 4. The Morgan fingerprint density at radius 3 is 1.33 bits per heavy atom. The van der Waals surface area contributed by atoms with E-state index in [0.717, 1.165) is 25.5 Å². The Hall–Kier alpha value is -6.27. The van der Waals surface area contributed by atoms with E-state index in [1.54, 1.807) is 31.7 Å². The first-order valence-electron chi connectivity index (χ1n) is 29.9. The minimum Gasteiger partial charge on any atom is -0.444 e. The first-order valence-corrected chi connectivity index (χ1v) is 34.5. The maximum absolute atomic E-state index is 13.2. The van der Waals surface area contributed by atoms with Gasteiger partial charge < -0.3 is 50.8 Å². The highest BCUT2D eigenvalue weighted by atomic mass is 79.9. The number of nitrogen functional groups attached to an aromatic ring is 1. The van der Waals surface area contributed by atoms with Crippen molar-refractivity contribution in [2.45, 2.75) is 78.4 Å². The number of nitrogens with zero attached hydrogens (tertiary/aromatic N) is 10. The Labute approximate surface area is 629 Å². The lowest BCUT2D eigenvalue weighted by molar-refractivity contribution is -0.121. The third kappa shape index (κ3) is 27.2. The summed E-state index contributed by atoms with van der Waals surface area (Å²) in [5.41, 5.74) is 6.20. The lowest BCUT2D eigenvalue weighted by Crippen LogP contribution is -2.42. The fraction of sp³-hybridized carbons (Fsp3) is 0.381. The van der Waals surface area contributed by atoms with Gasteiger partial charge in [0.2, 0.25) is 23.6 Å². The minimum atomic E-state index is -0.607. The van der Waals surface area contributed by atoms with Gasteiger partial charge in [-0.05, 0) is 126 Å². The molecule has 0 aliphatic carbocycles. The Balaban J connectivity index is 0.000000224. The van der Waals surface area contributed by atoms with Gasteiger partial charge in [-0.3, -0.25) is 48.9 Å². The molecule has 4 aliphatic rings. The number of nitrogens with one attached hydrogen (secondary N) is 3. The molecule has 6 aromatic rings. The molecular formula is C63H69BrCl10F2N14O9. The van der Waals surface area contributed by atoms with E-state index in [2.05, 4.69) is 51.8 Å². The molecular weight excluding hydrogens is 1570 g/mol. The predicted octanol–water partition coefficient (Wildman–Crippen LogP) is 15.5. The maximum atomic E-state index is 13.2. The van der Waals surface area contributed by atoms with Crippen LogP contribution in [0.4, 0.5) is 51.6 Å². The monoisotopic (exact) mass is 1630 g/mol. The summed E-state index contributed by atoms with van der Waals surface area (Å²) in [6, 6.07) is 7.51. The summed E-state index contributed by atoms with van der Waals surface area (Å²) in [5.74, 6) is -1.79. The number of rotatable bonds is 4. The number of halogens is 13. The molecule has 23 nitrogen and oxygen atoms in total. The van der Waals surface area contributed by atoms with Crippen molar-refractivity contribution in [1.29, 1.82) is 0 Å². The van der Waals surface area contributed by atoms with Crippen LogP contribution in [0, 0.1) is 11.6 Å². The molecule has 36 heteroatoms. The smallest absolute Gasteiger partial charge is 0.410 e. The molecule has 0 saturated carbocycles. The van der Waals surface area contributed by atoms with Crippen molar-refractivity contribution in [3.63, 3.8) is 0 Å². The molecule has 8 heterocycles. The van der Waals surface area contributed by atoms with Gasteiger partial charge >= 0.3 is 18.2 Å². The Morgan fingerprint density at radius 1 is 0.495 bits per heavy atom. The van der Waals surface area contributed by atoms with Gasteiger partial charge in [-0.2, -0.15) is 0 Å². The highest BCUT2D eigenvalue weighted by Crippen LogP contribution is 2.37. The summed E-state index contributed by atoms with van der Waals surface area (Å²) >= 11 is 62.0. The van der Waals surface area contributed by atoms with E-state index in [1.807, 2.05) is 20.8 Å². The van der Waals surface area contributed by atoms with E-state index in [-0.39, 0.29) is 63.4 Å². The Morgan fingerprint density at radius 2 is 0.899 bits per heavy atom. The highest BCUT2D eigenvalue weighted by molar-refractivity contribution is 9.10. The fourth-order valence-electron chi connectivity index (χ4n) is 8.85. The van der Waals surface area contributed by atoms with Crippen molar-refractivity contribution in [2.24, 2.45) is 0 Å². The molecule has 0 radical (unpaired) electrons. The Bertz CT molecular complexity index is 3750. The summed E-state index contributed by atoms with van der Waals surface area (Å²) in [5, 5.41) is 11.3. The average molecular weight is 1640 g/mol. The van der Waals surface area contributed by atoms with Crippen LogP contribution in [0.25, 0.3) is 0 Å². The van der Waals surface area contributed by atoms with Crippen LogP contribution in [-0.2, 0) is 28.7 Å². The van der Waals surface area contributed by atoms with Crippen LogP contribution in [0.15, 0.2) is 90.4 Å². The molecule has 0 bridgehead atoms. The van der Waals surface area contributed by atoms with Crippen molar-refractivity contribution in [2.75, 3.05) is 104 Å². The molecule has 99 heavy (non-hydrogen) atoms. The van der Waals surface area contributed by atoms with Crippen molar-refractivity contribution in [1.82, 2.24) is 45.3 Å². The van der Waals surface area contributed by atoms with Crippen molar-refractivity contribution < 1.29 is 51.8 Å². The molecule has 4 fully saturated rings. The second kappa shape index (κ2) is 39.8. The molecule has 4 aromatic heterocycles. The third-order valence-electron chi connectivity index (χ3n) is 13.2. The number of benzene rings is 2. The van der Waals surface area contributed by atoms with E-state index in [1.165, 1.54) is 98.3 Å². The van der Waals surface area contributed by atoms with E-state index in [4.69, 9.17) is 131 Å². The lowest BCUT2D eigenvalue weighted by Gasteiger charge is -2.26. The molecule has 10 rings (SSSR count). The van der Waals surface area contributed by atoms with Gasteiger partial charge in [-0.15, -0.1) is 0 Å². The summed E-state index contributed by atoms with van der Waals surface area (Å²) < 4.78 is 36.8.